The Bertz CT molecular complexity index is 1380. The summed E-state index contributed by atoms with van der Waals surface area (Å²) in [4.78, 5) is 17.6. The maximum atomic E-state index is 12.9. The maximum Gasteiger partial charge on any atom is 0.340 e. The molecule has 2 aromatic heterocycles. The second kappa shape index (κ2) is 8.47. The van der Waals surface area contributed by atoms with Crippen LogP contribution in [0.3, 0.4) is 0 Å². The van der Waals surface area contributed by atoms with Gasteiger partial charge in [-0.05, 0) is 24.6 Å². The van der Waals surface area contributed by atoms with E-state index in [2.05, 4.69) is 0 Å². The number of rotatable bonds is 5. The molecule has 5 nitrogen and oxygen atoms in total. The number of aromatic nitrogens is 3. The molecule has 3 aromatic carbocycles. The molecule has 0 saturated heterocycles. The van der Waals surface area contributed by atoms with Gasteiger partial charge in [0.2, 0.25) is 0 Å². The number of esters is 1. The highest BCUT2D eigenvalue weighted by atomic mass is 16.5. The van der Waals surface area contributed by atoms with Gasteiger partial charge in [0.15, 0.2) is 5.65 Å². The van der Waals surface area contributed by atoms with Gasteiger partial charge in [-0.1, -0.05) is 78.9 Å². The fourth-order valence-corrected chi connectivity index (χ4v) is 3.90. The summed E-state index contributed by atoms with van der Waals surface area (Å²) in [6.07, 6.45) is 1.60. The van der Waals surface area contributed by atoms with Gasteiger partial charge >= 0.3 is 5.97 Å². The van der Waals surface area contributed by atoms with E-state index < -0.39 is 5.97 Å². The highest BCUT2D eigenvalue weighted by Crippen LogP contribution is 2.38. The van der Waals surface area contributed by atoms with Crippen molar-refractivity contribution < 1.29 is 9.53 Å². The van der Waals surface area contributed by atoms with E-state index in [9.17, 15) is 4.79 Å². The highest BCUT2D eigenvalue weighted by molar-refractivity contribution is 6.11. The minimum Gasteiger partial charge on any atom is -0.462 e. The zero-order valence-corrected chi connectivity index (χ0v) is 17.6. The van der Waals surface area contributed by atoms with Crippen molar-refractivity contribution in [1.82, 2.24) is 14.8 Å². The van der Waals surface area contributed by atoms with Crippen molar-refractivity contribution in [3.8, 4) is 28.1 Å². The lowest BCUT2D eigenvalue weighted by atomic mass is 9.95. The van der Waals surface area contributed by atoms with E-state index in [1.807, 2.05) is 95.7 Å². The van der Waals surface area contributed by atoms with Crippen molar-refractivity contribution in [3.63, 3.8) is 0 Å². The third-order valence-corrected chi connectivity index (χ3v) is 5.30. The van der Waals surface area contributed by atoms with Crippen LogP contribution in [0.5, 0.6) is 0 Å². The smallest absolute Gasteiger partial charge is 0.340 e. The van der Waals surface area contributed by atoms with Crippen molar-refractivity contribution in [1.29, 1.82) is 0 Å². The van der Waals surface area contributed by atoms with E-state index in [0.717, 1.165) is 33.5 Å². The predicted molar refractivity (Wildman–Crippen MR) is 126 cm³/mol. The first-order valence-corrected chi connectivity index (χ1v) is 10.5. The van der Waals surface area contributed by atoms with Crippen LogP contribution >= 0.6 is 0 Å². The van der Waals surface area contributed by atoms with Crippen molar-refractivity contribution in [2.75, 3.05) is 6.61 Å². The number of hydrogen-bond acceptors (Lipinski definition) is 4. The molecule has 0 aliphatic heterocycles. The van der Waals surface area contributed by atoms with E-state index in [4.69, 9.17) is 14.8 Å². The van der Waals surface area contributed by atoms with E-state index in [0.29, 0.717) is 17.8 Å². The number of benzene rings is 3. The van der Waals surface area contributed by atoms with Crippen molar-refractivity contribution >= 4 is 17.0 Å². The molecule has 5 rings (SSSR count). The van der Waals surface area contributed by atoms with Crippen LogP contribution in [0.15, 0.2) is 97.2 Å². The summed E-state index contributed by atoms with van der Waals surface area (Å²) in [5, 5.41) is 5.78. The lowest BCUT2D eigenvalue weighted by Crippen LogP contribution is -2.08. The quantitative estimate of drug-likeness (QED) is 0.331. The largest absolute Gasteiger partial charge is 0.462 e. The van der Waals surface area contributed by atoms with Crippen LogP contribution in [0.25, 0.3) is 39.1 Å². The van der Waals surface area contributed by atoms with Crippen molar-refractivity contribution in [2.24, 2.45) is 0 Å². The Hall–Kier alpha value is -4.25. The zero-order valence-electron chi connectivity index (χ0n) is 17.6. The molecule has 0 fully saturated rings. The van der Waals surface area contributed by atoms with Gasteiger partial charge in [0.1, 0.15) is 5.69 Å². The number of pyridine rings is 1. The summed E-state index contributed by atoms with van der Waals surface area (Å²) in [6, 6.07) is 29.7. The number of carbonyl (C=O) groups is 1. The van der Waals surface area contributed by atoms with Crippen LogP contribution in [0.4, 0.5) is 0 Å². The highest BCUT2D eigenvalue weighted by Gasteiger charge is 2.24. The van der Waals surface area contributed by atoms with Gasteiger partial charge in [-0.15, -0.1) is 0 Å². The Morgan fingerprint density at radius 2 is 1.44 bits per heavy atom. The third kappa shape index (κ3) is 3.44. The van der Waals surface area contributed by atoms with Crippen LogP contribution in [0, 0.1) is 0 Å². The lowest BCUT2D eigenvalue weighted by molar-refractivity contribution is 0.0527. The van der Waals surface area contributed by atoms with Gasteiger partial charge in [-0.3, -0.25) is 0 Å². The van der Waals surface area contributed by atoms with Crippen LogP contribution < -0.4 is 0 Å². The number of ether oxygens (including phenoxy) is 1. The van der Waals surface area contributed by atoms with E-state index in [1.54, 1.807) is 13.1 Å². The first-order chi connectivity index (χ1) is 15.8. The number of hydrogen-bond donors (Lipinski definition) is 0. The first-order valence-electron chi connectivity index (χ1n) is 10.5. The molecular weight excluding hydrogens is 398 g/mol. The van der Waals surface area contributed by atoms with Crippen LogP contribution in [0.2, 0.25) is 0 Å². The molecule has 0 aliphatic carbocycles. The van der Waals surface area contributed by atoms with Gasteiger partial charge in [0.25, 0.3) is 0 Å². The Morgan fingerprint density at radius 3 is 2.06 bits per heavy atom. The molecule has 5 aromatic rings. The normalized spacial score (nSPS) is 10.9. The van der Waals surface area contributed by atoms with E-state index in [-0.39, 0.29) is 0 Å². The molecule has 0 atom stereocenters. The minimum atomic E-state index is -0.396. The summed E-state index contributed by atoms with van der Waals surface area (Å²) in [5.74, 6) is -0.396. The van der Waals surface area contributed by atoms with Gasteiger partial charge < -0.3 is 4.74 Å². The number of fused-ring (bicyclic) bond motifs is 1. The van der Waals surface area contributed by atoms with E-state index in [1.165, 1.54) is 0 Å². The molecule has 0 unspecified atom stereocenters. The monoisotopic (exact) mass is 419 g/mol. The molecule has 32 heavy (non-hydrogen) atoms. The SMILES string of the molecule is CCOC(=O)c1cnc2c(c(-c3ccccc3)nn2-c2ccccc2)c1-c1ccccc1. The average Bonchev–Trinajstić information content (AvgIpc) is 3.25. The Balaban J connectivity index is 1.91. The lowest BCUT2D eigenvalue weighted by Gasteiger charge is -2.12. The second-order valence-corrected chi connectivity index (χ2v) is 7.29. The molecule has 2 heterocycles. The van der Waals surface area contributed by atoms with Crippen molar-refractivity contribution in [2.45, 2.75) is 6.92 Å². The minimum absolute atomic E-state index is 0.292. The van der Waals surface area contributed by atoms with Gasteiger partial charge in [0, 0.05) is 17.3 Å². The predicted octanol–water partition coefficient (Wildman–Crippen LogP) is 5.93. The Kier molecular flexibility index (Phi) is 5.22. The number of nitrogens with zero attached hydrogens (tertiary/aromatic N) is 3. The molecular formula is C27H21N3O2. The molecule has 0 N–H and O–H groups in total. The first kappa shape index (κ1) is 19.7. The zero-order chi connectivity index (χ0) is 21.9. The Labute approximate surface area is 185 Å². The Morgan fingerprint density at radius 1 is 0.844 bits per heavy atom. The molecule has 0 saturated carbocycles. The third-order valence-electron chi connectivity index (χ3n) is 5.30. The maximum absolute atomic E-state index is 12.9. The number of carbonyl (C=O) groups excluding carboxylic acids is 1. The summed E-state index contributed by atoms with van der Waals surface area (Å²) >= 11 is 0. The average molecular weight is 419 g/mol. The molecule has 156 valence electrons. The van der Waals surface area contributed by atoms with Crippen LogP contribution in [-0.2, 0) is 4.74 Å². The van der Waals surface area contributed by atoms with Gasteiger partial charge in [-0.2, -0.15) is 5.10 Å². The summed E-state index contributed by atoms with van der Waals surface area (Å²) in [6.45, 7) is 2.09. The topological polar surface area (TPSA) is 57.0 Å². The van der Waals surface area contributed by atoms with Crippen LogP contribution in [-0.4, -0.2) is 27.3 Å². The van der Waals surface area contributed by atoms with Gasteiger partial charge in [-0.25, -0.2) is 14.5 Å². The van der Waals surface area contributed by atoms with Crippen LogP contribution in [0.1, 0.15) is 17.3 Å². The van der Waals surface area contributed by atoms with E-state index >= 15 is 0 Å². The fourth-order valence-electron chi connectivity index (χ4n) is 3.90. The molecule has 0 amide bonds. The molecule has 0 spiro atoms. The van der Waals surface area contributed by atoms with Gasteiger partial charge in [0.05, 0.1) is 23.2 Å². The molecule has 5 heteroatoms. The molecule has 0 aliphatic rings. The molecule has 0 radical (unpaired) electrons. The number of para-hydroxylation sites is 1. The summed E-state index contributed by atoms with van der Waals surface area (Å²) < 4.78 is 7.20. The molecule has 0 bridgehead atoms. The summed E-state index contributed by atoms with van der Waals surface area (Å²) in [7, 11) is 0. The summed E-state index contributed by atoms with van der Waals surface area (Å²) in [5.41, 5.74) is 5.41. The standard InChI is InChI=1S/C27H21N3O2/c1-2-32-27(31)22-18-28-26-24(23(22)19-12-6-3-7-13-19)25(20-14-8-4-9-15-20)29-30(26)21-16-10-5-11-17-21/h3-18H,2H2,1H3. The second-order valence-electron chi connectivity index (χ2n) is 7.29. The fraction of sp³-hybridized carbons (Fsp3) is 0.0741. The van der Waals surface area contributed by atoms with Crippen molar-refractivity contribution in [3.05, 3.63) is 103 Å².